The van der Waals surface area contributed by atoms with E-state index in [-0.39, 0.29) is 11.7 Å². The molecule has 4 aromatic rings. The molecule has 1 aromatic carbocycles. The highest BCUT2D eigenvalue weighted by atomic mass is 32.2. The van der Waals surface area contributed by atoms with E-state index in [1.807, 2.05) is 54.6 Å². The Morgan fingerprint density at radius 3 is 2.67 bits per heavy atom. The highest BCUT2D eigenvalue weighted by Gasteiger charge is 2.15. The zero-order valence-electron chi connectivity index (χ0n) is 18.2. The second kappa shape index (κ2) is 11.6. The van der Waals surface area contributed by atoms with Crippen LogP contribution in [0.15, 0.2) is 83.4 Å². The van der Waals surface area contributed by atoms with Crippen LogP contribution in [0.25, 0.3) is 11.4 Å². The number of carbonyl (C=O) groups excluding carboxylic acids is 1. The number of hydrogen-bond donors (Lipinski definition) is 1. The number of nitrogens with zero attached hydrogens (tertiary/aromatic N) is 5. The first-order valence-electron chi connectivity index (χ1n) is 10.6. The molecule has 7 nitrogen and oxygen atoms in total. The van der Waals surface area contributed by atoms with Crippen LogP contribution in [0.4, 0.5) is 5.69 Å². The predicted octanol–water partition coefficient (Wildman–Crippen LogP) is 5.17. The molecule has 0 fully saturated rings. The fourth-order valence-electron chi connectivity index (χ4n) is 3.19. The fraction of sp³-hybridized carbons (Fsp3) is 0.208. The first-order chi connectivity index (χ1) is 16.2. The smallest absolute Gasteiger partial charge is 0.234 e. The van der Waals surface area contributed by atoms with Crippen LogP contribution in [0.3, 0.4) is 0 Å². The van der Waals surface area contributed by atoms with Crippen molar-refractivity contribution in [3.63, 3.8) is 0 Å². The van der Waals surface area contributed by atoms with Crippen LogP contribution in [0.5, 0.6) is 0 Å². The first kappa shape index (κ1) is 23.0. The maximum absolute atomic E-state index is 12.6. The summed E-state index contributed by atoms with van der Waals surface area (Å²) in [5, 5.41) is 13.4. The number of aromatic nitrogens is 5. The largest absolute Gasteiger partial charge is 0.325 e. The van der Waals surface area contributed by atoms with Crippen LogP contribution >= 0.6 is 23.5 Å². The molecule has 0 radical (unpaired) electrons. The van der Waals surface area contributed by atoms with Crippen molar-refractivity contribution < 1.29 is 4.79 Å². The number of benzene rings is 1. The SMILES string of the molecule is CCCn1c(SCC(=O)Nc2cccc(CSc3ccccn3)c2)nnc1-c1ccncc1. The summed E-state index contributed by atoms with van der Waals surface area (Å²) in [4.78, 5) is 21.0. The van der Waals surface area contributed by atoms with Gasteiger partial charge in [0, 0.05) is 42.1 Å². The van der Waals surface area contributed by atoms with Gasteiger partial charge in [0.1, 0.15) is 0 Å². The number of thioether (sulfide) groups is 2. The lowest BCUT2D eigenvalue weighted by molar-refractivity contribution is -0.113. The Kier molecular flexibility index (Phi) is 8.10. The third-order valence-corrected chi connectivity index (χ3v) is 6.65. The molecule has 168 valence electrons. The van der Waals surface area contributed by atoms with E-state index in [4.69, 9.17) is 0 Å². The van der Waals surface area contributed by atoms with Crippen LogP contribution in [-0.2, 0) is 17.1 Å². The molecule has 3 aromatic heterocycles. The van der Waals surface area contributed by atoms with E-state index in [9.17, 15) is 4.79 Å². The van der Waals surface area contributed by atoms with Crippen molar-refractivity contribution >= 4 is 35.1 Å². The summed E-state index contributed by atoms with van der Waals surface area (Å²) in [5.74, 6) is 1.75. The van der Waals surface area contributed by atoms with Gasteiger partial charge in [-0.05, 0) is 48.4 Å². The molecule has 9 heteroatoms. The van der Waals surface area contributed by atoms with Gasteiger partial charge < -0.3 is 9.88 Å². The zero-order chi connectivity index (χ0) is 22.9. The molecule has 0 aliphatic carbocycles. The molecule has 0 spiro atoms. The summed E-state index contributed by atoms with van der Waals surface area (Å²) in [6.07, 6.45) is 6.21. The summed E-state index contributed by atoms with van der Waals surface area (Å²) >= 11 is 3.06. The van der Waals surface area contributed by atoms with E-state index in [0.29, 0.717) is 0 Å². The lowest BCUT2D eigenvalue weighted by Crippen LogP contribution is -2.15. The van der Waals surface area contributed by atoms with E-state index in [2.05, 4.69) is 37.0 Å². The molecular formula is C24H24N6OS2. The average molecular weight is 477 g/mol. The molecule has 0 unspecified atom stereocenters. The topological polar surface area (TPSA) is 85.6 Å². The standard InChI is InChI=1S/C24H24N6OS2/c1-2-14-30-23(19-9-12-25-13-10-19)28-29-24(30)33-17-21(31)27-20-7-5-6-18(15-20)16-32-22-8-3-4-11-26-22/h3-13,15H,2,14,16-17H2,1H3,(H,27,31). The summed E-state index contributed by atoms with van der Waals surface area (Å²) in [5.41, 5.74) is 2.87. The molecular weight excluding hydrogens is 452 g/mol. The number of carbonyl (C=O) groups is 1. The Morgan fingerprint density at radius 2 is 1.88 bits per heavy atom. The molecule has 1 amide bonds. The van der Waals surface area contributed by atoms with E-state index in [1.165, 1.54) is 11.8 Å². The van der Waals surface area contributed by atoms with Gasteiger partial charge in [0.05, 0.1) is 10.8 Å². The summed E-state index contributed by atoms with van der Waals surface area (Å²) < 4.78 is 2.06. The molecule has 0 saturated carbocycles. The van der Waals surface area contributed by atoms with Crippen LogP contribution in [-0.4, -0.2) is 36.4 Å². The van der Waals surface area contributed by atoms with Crippen molar-refractivity contribution in [2.24, 2.45) is 0 Å². The fourth-order valence-corrected chi connectivity index (χ4v) is 4.76. The zero-order valence-corrected chi connectivity index (χ0v) is 19.9. The van der Waals surface area contributed by atoms with Crippen LogP contribution in [0, 0.1) is 0 Å². The number of pyridine rings is 2. The third kappa shape index (κ3) is 6.43. The maximum atomic E-state index is 12.6. The van der Waals surface area contributed by atoms with Gasteiger partial charge in [0.25, 0.3) is 0 Å². The van der Waals surface area contributed by atoms with Crippen molar-refractivity contribution in [3.05, 3.63) is 78.8 Å². The summed E-state index contributed by atoms with van der Waals surface area (Å²) in [7, 11) is 0. The van der Waals surface area contributed by atoms with Gasteiger partial charge in [0.15, 0.2) is 11.0 Å². The minimum Gasteiger partial charge on any atom is -0.325 e. The van der Waals surface area contributed by atoms with Gasteiger partial charge in [-0.25, -0.2) is 4.98 Å². The number of rotatable bonds is 10. The normalized spacial score (nSPS) is 10.8. The molecule has 0 atom stereocenters. The number of anilines is 1. The molecule has 0 aliphatic rings. The van der Waals surface area contributed by atoms with E-state index in [0.717, 1.165) is 51.5 Å². The highest BCUT2D eigenvalue weighted by molar-refractivity contribution is 7.99. The van der Waals surface area contributed by atoms with Gasteiger partial charge in [0.2, 0.25) is 5.91 Å². The van der Waals surface area contributed by atoms with Gasteiger partial charge in [-0.1, -0.05) is 36.9 Å². The Labute approximate surface area is 201 Å². The van der Waals surface area contributed by atoms with Crippen LogP contribution < -0.4 is 5.32 Å². The van der Waals surface area contributed by atoms with E-state index < -0.39 is 0 Å². The average Bonchev–Trinajstić information content (AvgIpc) is 3.26. The second-order valence-corrected chi connectivity index (χ2v) is 9.13. The Morgan fingerprint density at radius 1 is 1.00 bits per heavy atom. The van der Waals surface area contributed by atoms with Crippen molar-refractivity contribution in [3.8, 4) is 11.4 Å². The highest BCUT2D eigenvalue weighted by Crippen LogP contribution is 2.25. The quantitative estimate of drug-likeness (QED) is 0.316. The van der Waals surface area contributed by atoms with Crippen LogP contribution in [0.1, 0.15) is 18.9 Å². The number of hydrogen-bond acceptors (Lipinski definition) is 7. The molecule has 1 N–H and O–H groups in total. The predicted molar refractivity (Wildman–Crippen MR) is 133 cm³/mol. The third-order valence-electron chi connectivity index (χ3n) is 4.67. The Bertz CT molecular complexity index is 1180. The molecule has 0 saturated heterocycles. The van der Waals surface area contributed by atoms with Gasteiger partial charge in [-0.2, -0.15) is 0 Å². The first-order valence-corrected chi connectivity index (χ1v) is 12.6. The molecule has 33 heavy (non-hydrogen) atoms. The lowest BCUT2D eigenvalue weighted by Gasteiger charge is -2.09. The monoisotopic (exact) mass is 476 g/mol. The van der Waals surface area contributed by atoms with Crippen molar-refractivity contribution in [2.75, 3.05) is 11.1 Å². The minimum atomic E-state index is -0.0777. The lowest BCUT2D eigenvalue weighted by atomic mass is 10.2. The van der Waals surface area contributed by atoms with Gasteiger partial charge in [-0.3, -0.25) is 9.78 Å². The molecule has 0 bridgehead atoms. The summed E-state index contributed by atoms with van der Waals surface area (Å²) in [6.45, 7) is 2.89. The van der Waals surface area contributed by atoms with E-state index in [1.54, 1.807) is 30.4 Å². The van der Waals surface area contributed by atoms with Gasteiger partial charge in [-0.15, -0.1) is 22.0 Å². The van der Waals surface area contributed by atoms with Crippen molar-refractivity contribution in [1.82, 2.24) is 24.7 Å². The molecule has 3 heterocycles. The summed E-state index contributed by atoms with van der Waals surface area (Å²) in [6, 6.07) is 17.6. The van der Waals surface area contributed by atoms with Gasteiger partial charge >= 0.3 is 0 Å². The molecule has 4 rings (SSSR count). The number of nitrogens with one attached hydrogen (secondary N) is 1. The maximum Gasteiger partial charge on any atom is 0.234 e. The Hall–Kier alpha value is -3.17. The molecule has 0 aliphatic heterocycles. The second-order valence-electron chi connectivity index (χ2n) is 7.19. The van der Waals surface area contributed by atoms with Crippen molar-refractivity contribution in [2.45, 2.75) is 35.8 Å². The minimum absolute atomic E-state index is 0.0777. The number of amides is 1. The van der Waals surface area contributed by atoms with E-state index >= 15 is 0 Å². The van der Waals surface area contributed by atoms with Crippen molar-refractivity contribution in [1.29, 1.82) is 0 Å². The Balaban J connectivity index is 1.35. The van der Waals surface area contributed by atoms with Crippen LogP contribution in [0.2, 0.25) is 0 Å².